The molecule has 1 N–H and O–H groups in total. The molecule has 0 aromatic carbocycles. The first kappa shape index (κ1) is 18.8. The molecule has 0 aliphatic carbocycles. The summed E-state index contributed by atoms with van der Waals surface area (Å²) >= 11 is 5.89. The van der Waals surface area contributed by atoms with Gasteiger partial charge < -0.3 is 10.2 Å². The highest BCUT2D eigenvalue weighted by Gasteiger charge is 2.36. The van der Waals surface area contributed by atoms with Crippen molar-refractivity contribution in [2.24, 2.45) is 0 Å². The van der Waals surface area contributed by atoms with E-state index >= 15 is 0 Å². The molecule has 7 nitrogen and oxygen atoms in total. The van der Waals surface area contributed by atoms with Gasteiger partial charge in [-0.05, 0) is 24.6 Å². The van der Waals surface area contributed by atoms with E-state index in [1.165, 1.54) is 4.90 Å². The van der Waals surface area contributed by atoms with E-state index in [2.05, 4.69) is 15.3 Å². The van der Waals surface area contributed by atoms with Crippen molar-refractivity contribution in [1.82, 2.24) is 19.8 Å². The Balaban J connectivity index is 1.34. The van der Waals surface area contributed by atoms with E-state index in [1.54, 1.807) is 12.3 Å². The van der Waals surface area contributed by atoms with E-state index in [9.17, 15) is 9.18 Å². The fraction of sp³-hybridized carbons (Fsp3) is 0.474. The Kier molecular flexibility index (Phi) is 5.29. The number of nitriles is 1. The zero-order chi connectivity index (χ0) is 19.7. The number of aromatic nitrogens is 2. The molecule has 1 amide bonds. The maximum absolute atomic E-state index is 13.5. The number of rotatable bonds is 4. The predicted molar refractivity (Wildman–Crippen MR) is 104 cm³/mol. The lowest BCUT2D eigenvalue weighted by Gasteiger charge is -2.23. The maximum atomic E-state index is 13.5. The number of halogens is 2. The normalized spacial score (nSPS) is 25.2. The van der Waals surface area contributed by atoms with Crippen LogP contribution in [0.4, 0.5) is 10.1 Å². The minimum Gasteiger partial charge on any atom is -0.380 e. The average Bonchev–Trinajstić information content (AvgIpc) is 3.27. The highest BCUT2D eigenvalue weighted by Crippen LogP contribution is 2.22. The van der Waals surface area contributed by atoms with Crippen LogP contribution in [-0.4, -0.2) is 70.1 Å². The predicted octanol–water partition coefficient (Wildman–Crippen LogP) is 2.23. The summed E-state index contributed by atoms with van der Waals surface area (Å²) in [6.45, 7) is 1.70. The number of carbonyl (C=O) groups excluding carboxylic acids is 1. The SMILES string of the molecule is N#C[C@@H]1C[C@H](F)CN1C(=O)CN1CC[C@@H](Nc2cnc3nc(Cl)ccc3c2)C1. The molecule has 0 bridgehead atoms. The molecule has 2 fully saturated rings. The first-order valence-corrected chi connectivity index (χ1v) is 9.64. The highest BCUT2D eigenvalue weighted by molar-refractivity contribution is 6.29. The number of pyridine rings is 2. The van der Waals surface area contributed by atoms with Gasteiger partial charge in [-0.15, -0.1) is 0 Å². The molecule has 2 aromatic heterocycles. The molecule has 9 heteroatoms. The van der Waals surface area contributed by atoms with Gasteiger partial charge in [0.2, 0.25) is 5.91 Å². The molecule has 0 unspecified atom stereocenters. The summed E-state index contributed by atoms with van der Waals surface area (Å²) in [5, 5.41) is 13.9. The van der Waals surface area contributed by atoms with Crippen LogP contribution in [0.15, 0.2) is 24.4 Å². The number of carbonyl (C=O) groups is 1. The third kappa shape index (κ3) is 4.01. The number of likely N-dealkylation sites (tertiary alicyclic amines) is 2. The first-order chi connectivity index (χ1) is 13.5. The van der Waals surface area contributed by atoms with Crippen LogP contribution < -0.4 is 5.32 Å². The Labute approximate surface area is 167 Å². The first-order valence-electron chi connectivity index (χ1n) is 9.26. The van der Waals surface area contributed by atoms with Crippen molar-refractivity contribution in [2.75, 3.05) is 31.5 Å². The van der Waals surface area contributed by atoms with Crippen LogP contribution in [0, 0.1) is 11.3 Å². The number of hydrogen-bond donors (Lipinski definition) is 1. The number of hydrogen-bond acceptors (Lipinski definition) is 6. The molecule has 3 atom stereocenters. The number of nitrogens with one attached hydrogen (secondary N) is 1. The lowest BCUT2D eigenvalue weighted by molar-refractivity contribution is -0.132. The minimum atomic E-state index is -1.11. The lowest BCUT2D eigenvalue weighted by Crippen LogP contribution is -2.42. The van der Waals surface area contributed by atoms with E-state index in [0.29, 0.717) is 17.3 Å². The van der Waals surface area contributed by atoms with Gasteiger partial charge in [-0.1, -0.05) is 11.6 Å². The molecule has 2 aliphatic heterocycles. The van der Waals surface area contributed by atoms with Crippen molar-refractivity contribution in [2.45, 2.75) is 31.1 Å². The van der Waals surface area contributed by atoms with Crippen LogP contribution >= 0.6 is 11.6 Å². The Bertz CT molecular complexity index is 934. The third-order valence-corrected chi connectivity index (χ3v) is 5.44. The molecular weight excluding hydrogens is 383 g/mol. The molecule has 0 radical (unpaired) electrons. The highest BCUT2D eigenvalue weighted by atomic mass is 35.5. The van der Waals surface area contributed by atoms with Crippen LogP contribution in [0.25, 0.3) is 11.0 Å². The summed E-state index contributed by atoms with van der Waals surface area (Å²) in [6, 6.07) is 7.14. The van der Waals surface area contributed by atoms with E-state index < -0.39 is 12.2 Å². The van der Waals surface area contributed by atoms with Crippen molar-refractivity contribution >= 4 is 34.2 Å². The van der Waals surface area contributed by atoms with Gasteiger partial charge in [-0.2, -0.15) is 5.26 Å². The summed E-state index contributed by atoms with van der Waals surface area (Å²) in [5.41, 5.74) is 1.49. The van der Waals surface area contributed by atoms with Crippen LogP contribution in [0.2, 0.25) is 5.15 Å². The van der Waals surface area contributed by atoms with Crippen molar-refractivity contribution in [3.63, 3.8) is 0 Å². The maximum Gasteiger partial charge on any atom is 0.237 e. The quantitative estimate of drug-likeness (QED) is 0.789. The van der Waals surface area contributed by atoms with Gasteiger partial charge in [0.1, 0.15) is 17.4 Å². The van der Waals surface area contributed by atoms with Crippen LogP contribution in [0.1, 0.15) is 12.8 Å². The zero-order valence-electron chi connectivity index (χ0n) is 15.2. The van der Waals surface area contributed by atoms with Crippen molar-refractivity contribution in [3.05, 3.63) is 29.5 Å². The average molecular weight is 403 g/mol. The van der Waals surface area contributed by atoms with Crippen LogP contribution in [0.5, 0.6) is 0 Å². The molecule has 0 spiro atoms. The van der Waals surface area contributed by atoms with Crippen molar-refractivity contribution in [1.29, 1.82) is 5.26 Å². The third-order valence-electron chi connectivity index (χ3n) is 5.23. The minimum absolute atomic E-state index is 0.0212. The second-order valence-electron chi connectivity index (χ2n) is 7.29. The number of alkyl halides is 1. The molecule has 2 saturated heterocycles. The van der Waals surface area contributed by atoms with Crippen LogP contribution in [0.3, 0.4) is 0 Å². The fourth-order valence-electron chi connectivity index (χ4n) is 3.86. The number of nitrogens with zero attached hydrogens (tertiary/aromatic N) is 5. The number of amides is 1. The molecule has 28 heavy (non-hydrogen) atoms. The number of anilines is 1. The topological polar surface area (TPSA) is 85.2 Å². The van der Waals surface area contributed by atoms with Crippen molar-refractivity contribution in [3.8, 4) is 6.07 Å². The summed E-state index contributed by atoms with van der Waals surface area (Å²) in [4.78, 5) is 24.4. The van der Waals surface area contributed by atoms with Gasteiger partial charge in [0.05, 0.1) is 31.0 Å². The standard InChI is InChI=1S/C19H20ClFN6O/c20-17-2-1-12-5-15(8-23-19(12)25-17)24-14-3-4-26(10-14)11-18(28)27-9-13(21)6-16(27)7-22/h1-2,5,8,13-14,16,24H,3-4,6,9-11H2/t13-,14+,16-/m0/s1. The van der Waals surface area contributed by atoms with Gasteiger partial charge >= 0.3 is 0 Å². The van der Waals surface area contributed by atoms with E-state index in [1.807, 2.05) is 23.1 Å². The van der Waals surface area contributed by atoms with E-state index in [-0.39, 0.29) is 31.5 Å². The molecule has 2 aliphatic rings. The van der Waals surface area contributed by atoms with E-state index in [4.69, 9.17) is 16.9 Å². The van der Waals surface area contributed by atoms with E-state index in [0.717, 1.165) is 24.0 Å². The number of fused-ring (bicyclic) bond motifs is 1. The lowest BCUT2D eigenvalue weighted by atomic mass is 10.2. The zero-order valence-corrected chi connectivity index (χ0v) is 15.9. The van der Waals surface area contributed by atoms with Crippen molar-refractivity contribution < 1.29 is 9.18 Å². The summed E-state index contributed by atoms with van der Waals surface area (Å²) < 4.78 is 13.5. The fourth-order valence-corrected chi connectivity index (χ4v) is 4.00. The van der Waals surface area contributed by atoms with Gasteiger partial charge in [-0.25, -0.2) is 14.4 Å². The van der Waals surface area contributed by atoms with Gasteiger partial charge in [0, 0.05) is 30.9 Å². The molecule has 0 saturated carbocycles. The molecule has 2 aromatic rings. The van der Waals surface area contributed by atoms with Gasteiger partial charge in [0.25, 0.3) is 0 Å². The molecule has 4 rings (SSSR count). The smallest absolute Gasteiger partial charge is 0.237 e. The molecular formula is C19H20ClFN6O. The summed E-state index contributed by atoms with van der Waals surface area (Å²) in [5.74, 6) is -0.178. The largest absolute Gasteiger partial charge is 0.380 e. The molecule has 4 heterocycles. The Morgan fingerprint density at radius 1 is 1.43 bits per heavy atom. The van der Waals surface area contributed by atoms with Crippen LogP contribution in [-0.2, 0) is 4.79 Å². The molecule has 146 valence electrons. The second-order valence-corrected chi connectivity index (χ2v) is 7.68. The summed E-state index contributed by atoms with van der Waals surface area (Å²) in [6.07, 6.45) is 1.62. The Morgan fingerprint density at radius 2 is 2.29 bits per heavy atom. The van der Waals surface area contributed by atoms with Gasteiger partial charge in [-0.3, -0.25) is 9.69 Å². The van der Waals surface area contributed by atoms with Gasteiger partial charge in [0.15, 0.2) is 5.65 Å². The monoisotopic (exact) mass is 402 g/mol. The Hall–Kier alpha value is -2.50. The summed E-state index contributed by atoms with van der Waals surface area (Å²) in [7, 11) is 0. The Morgan fingerprint density at radius 3 is 3.11 bits per heavy atom. The second kappa shape index (κ2) is 7.86.